The molecule has 2 aliphatic heterocycles. The molecule has 8 nitrogen and oxygen atoms in total. The molecule has 0 aliphatic carbocycles. The Morgan fingerprint density at radius 1 is 1.43 bits per heavy atom. The lowest BCUT2D eigenvalue weighted by Gasteiger charge is -2.24. The van der Waals surface area contributed by atoms with Gasteiger partial charge in [0.1, 0.15) is 24.1 Å². The molecule has 4 rings (SSSR count). The Labute approximate surface area is 118 Å². The van der Waals surface area contributed by atoms with Crippen molar-refractivity contribution in [3.63, 3.8) is 0 Å². The van der Waals surface area contributed by atoms with Crippen LogP contribution < -0.4 is 0 Å². The van der Waals surface area contributed by atoms with E-state index >= 15 is 0 Å². The van der Waals surface area contributed by atoms with Gasteiger partial charge in [-0.1, -0.05) is 0 Å². The second-order valence-corrected chi connectivity index (χ2v) is 5.25. The van der Waals surface area contributed by atoms with E-state index in [0.29, 0.717) is 13.0 Å². The highest BCUT2D eigenvalue weighted by Gasteiger charge is 2.59. The molecule has 2 N–H and O–H groups in total. The Balaban J connectivity index is 1.78. The third-order valence-electron chi connectivity index (χ3n) is 4.15. The van der Waals surface area contributed by atoms with Gasteiger partial charge < -0.3 is 19.7 Å². The molecule has 0 aromatic carbocycles. The first-order valence-electron chi connectivity index (χ1n) is 6.58. The van der Waals surface area contributed by atoms with Gasteiger partial charge in [-0.25, -0.2) is 15.0 Å². The lowest BCUT2D eigenvalue weighted by Crippen LogP contribution is -2.42. The molecule has 0 saturated carbocycles. The summed E-state index contributed by atoms with van der Waals surface area (Å²) in [6.07, 6.45) is 0.421. The molecule has 0 unspecified atom stereocenters. The van der Waals surface area contributed by atoms with Crippen LogP contribution in [0.1, 0.15) is 12.6 Å². The van der Waals surface area contributed by atoms with E-state index in [4.69, 9.17) is 9.47 Å². The summed E-state index contributed by atoms with van der Waals surface area (Å²) in [5.41, 5.74) is -0.712. The first kappa shape index (κ1) is 13.0. The number of hydrogen-bond donors (Lipinski definition) is 2. The maximum Gasteiger partial charge on any atom is 0.244 e. The van der Waals surface area contributed by atoms with Gasteiger partial charge in [-0.2, -0.15) is 4.39 Å². The number of halogens is 1. The molecule has 4 heterocycles. The van der Waals surface area contributed by atoms with Crippen LogP contribution in [-0.4, -0.2) is 60.8 Å². The third-order valence-corrected chi connectivity index (χ3v) is 4.15. The summed E-state index contributed by atoms with van der Waals surface area (Å²) in [5, 5.41) is 20.0. The quantitative estimate of drug-likeness (QED) is 0.712. The van der Waals surface area contributed by atoms with Gasteiger partial charge in [0.2, 0.25) is 5.95 Å². The van der Waals surface area contributed by atoms with Crippen molar-refractivity contribution < 1.29 is 24.1 Å². The molecule has 2 aliphatic rings. The Hall–Kier alpha value is -1.68. The minimum Gasteiger partial charge on any atom is -0.393 e. The number of imidazole rings is 1. The average Bonchev–Trinajstić information content (AvgIpc) is 3.14. The van der Waals surface area contributed by atoms with Crippen LogP contribution in [0.4, 0.5) is 4.39 Å². The maximum atomic E-state index is 13.6. The van der Waals surface area contributed by atoms with Gasteiger partial charge in [0, 0.05) is 6.42 Å². The van der Waals surface area contributed by atoms with E-state index in [0.717, 1.165) is 6.33 Å². The molecule has 2 saturated heterocycles. The molecule has 0 amide bonds. The molecule has 21 heavy (non-hydrogen) atoms. The number of rotatable bonds is 2. The number of nitrogens with zero attached hydrogens (tertiary/aromatic N) is 4. The molecule has 0 spiro atoms. The van der Waals surface area contributed by atoms with Gasteiger partial charge in [0.15, 0.2) is 17.4 Å². The summed E-state index contributed by atoms with van der Waals surface area (Å²) in [7, 11) is 0. The van der Waals surface area contributed by atoms with Gasteiger partial charge >= 0.3 is 0 Å². The molecule has 9 heteroatoms. The van der Waals surface area contributed by atoms with Gasteiger partial charge in [-0.3, -0.25) is 4.57 Å². The van der Waals surface area contributed by atoms with Crippen LogP contribution in [0.5, 0.6) is 0 Å². The highest BCUT2D eigenvalue weighted by atomic mass is 19.1. The minimum absolute atomic E-state index is 0.00401. The smallest absolute Gasteiger partial charge is 0.244 e. The van der Waals surface area contributed by atoms with E-state index in [1.165, 1.54) is 10.9 Å². The van der Waals surface area contributed by atoms with Crippen LogP contribution in [0.15, 0.2) is 12.7 Å². The van der Waals surface area contributed by atoms with E-state index in [1.807, 2.05) is 0 Å². The Morgan fingerprint density at radius 3 is 3.05 bits per heavy atom. The summed E-state index contributed by atoms with van der Waals surface area (Å²) in [4.78, 5) is 11.3. The van der Waals surface area contributed by atoms with Crippen molar-refractivity contribution in [1.29, 1.82) is 0 Å². The van der Waals surface area contributed by atoms with Crippen LogP contribution in [0, 0.1) is 5.95 Å². The topological polar surface area (TPSA) is 103 Å². The fraction of sp³-hybridized carbons (Fsp3) is 0.583. The number of hydrogen-bond acceptors (Lipinski definition) is 7. The number of aromatic nitrogens is 4. The highest BCUT2D eigenvalue weighted by molar-refractivity contribution is 5.69. The Kier molecular flexibility index (Phi) is 2.73. The van der Waals surface area contributed by atoms with Gasteiger partial charge in [-0.15, -0.1) is 0 Å². The van der Waals surface area contributed by atoms with E-state index in [9.17, 15) is 14.6 Å². The SMILES string of the molecule is OC[C@]12CCO[C@H]1[C@@H](O)[C@H](n1cnc3c(F)ncnc31)O2. The van der Waals surface area contributed by atoms with Crippen molar-refractivity contribution in [2.75, 3.05) is 13.2 Å². The lowest BCUT2D eigenvalue weighted by molar-refractivity contribution is -0.108. The normalized spacial score (nSPS) is 35.5. The van der Waals surface area contributed by atoms with Crippen molar-refractivity contribution in [3.8, 4) is 0 Å². The average molecular weight is 296 g/mol. The number of aliphatic hydroxyl groups is 2. The van der Waals surface area contributed by atoms with Gasteiger partial charge in [0.25, 0.3) is 0 Å². The van der Waals surface area contributed by atoms with Crippen molar-refractivity contribution in [3.05, 3.63) is 18.6 Å². The second-order valence-electron chi connectivity index (χ2n) is 5.25. The lowest BCUT2D eigenvalue weighted by atomic mass is 9.95. The summed E-state index contributed by atoms with van der Waals surface area (Å²) < 4.78 is 26.3. The monoisotopic (exact) mass is 296 g/mol. The third kappa shape index (κ3) is 1.65. The van der Waals surface area contributed by atoms with E-state index < -0.39 is 30.0 Å². The zero-order chi connectivity index (χ0) is 14.6. The zero-order valence-electron chi connectivity index (χ0n) is 10.9. The fourth-order valence-corrected chi connectivity index (χ4v) is 3.09. The second kappa shape index (κ2) is 4.41. The molecule has 4 atom stereocenters. The Bertz CT molecular complexity index is 695. The first-order valence-corrected chi connectivity index (χ1v) is 6.58. The molecule has 2 fully saturated rings. The predicted molar refractivity (Wildman–Crippen MR) is 65.6 cm³/mol. The Morgan fingerprint density at radius 2 is 2.29 bits per heavy atom. The van der Waals surface area contributed by atoms with Crippen molar-refractivity contribution in [2.45, 2.75) is 30.5 Å². The highest BCUT2D eigenvalue weighted by Crippen LogP contribution is 2.45. The molecule has 0 bridgehead atoms. The van der Waals surface area contributed by atoms with Crippen LogP contribution in [0.3, 0.4) is 0 Å². The standard InChI is InChI=1S/C12H13FN4O4/c13-9-6-10(15-4-14-9)17(5-16-6)11-7(19)8-12(3-18,21-11)1-2-20-8/h4-5,7-8,11,18-19H,1-3H2/t7-,8+,11-,12-/m1/s1. The van der Waals surface area contributed by atoms with Crippen LogP contribution in [-0.2, 0) is 9.47 Å². The molecular formula is C12H13FN4O4. The summed E-state index contributed by atoms with van der Waals surface area (Å²) in [5.74, 6) is -0.737. The van der Waals surface area contributed by atoms with Crippen LogP contribution in [0.25, 0.3) is 11.2 Å². The van der Waals surface area contributed by atoms with E-state index in [2.05, 4.69) is 15.0 Å². The molecule has 2 aromatic rings. The molecule has 0 radical (unpaired) electrons. The van der Waals surface area contributed by atoms with Crippen molar-refractivity contribution >= 4 is 11.2 Å². The van der Waals surface area contributed by atoms with Gasteiger partial charge in [0.05, 0.1) is 19.5 Å². The zero-order valence-corrected chi connectivity index (χ0v) is 10.9. The van der Waals surface area contributed by atoms with E-state index in [1.54, 1.807) is 0 Å². The largest absolute Gasteiger partial charge is 0.393 e. The maximum absolute atomic E-state index is 13.6. The number of fused-ring (bicyclic) bond motifs is 2. The number of aliphatic hydroxyl groups excluding tert-OH is 2. The van der Waals surface area contributed by atoms with Crippen molar-refractivity contribution in [2.24, 2.45) is 0 Å². The summed E-state index contributed by atoms with van der Waals surface area (Å²) in [6.45, 7) is 0.150. The van der Waals surface area contributed by atoms with Crippen molar-refractivity contribution in [1.82, 2.24) is 19.5 Å². The first-order chi connectivity index (χ1) is 10.2. The number of ether oxygens (including phenoxy) is 2. The summed E-state index contributed by atoms with van der Waals surface area (Å²) >= 11 is 0. The summed E-state index contributed by atoms with van der Waals surface area (Å²) in [6, 6.07) is 0. The predicted octanol–water partition coefficient (Wildman–Crippen LogP) is -0.625. The van der Waals surface area contributed by atoms with Crippen LogP contribution in [0.2, 0.25) is 0 Å². The van der Waals surface area contributed by atoms with Gasteiger partial charge in [-0.05, 0) is 0 Å². The molecule has 2 aromatic heterocycles. The van der Waals surface area contributed by atoms with E-state index in [-0.39, 0.29) is 17.8 Å². The molecular weight excluding hydrogens is 283 g/mol. The molecule has 112 valence electrons. The minimum atomic E-state index is -1.00. The fourth-order valence-electron chi connectivity index (χ4n) is 3.09. The van der Waals surface area contributed by atoms with Crippen LogP contribution >= 0.6 is 0 Å².